The van der Waals surface area contributed by atoms with Gasteiger partial charge in [-0.25, -0.2) is 4.98 Å². The van der Waals surface area contributed by atoms with Crippen LogP contribution in [0.4, 0.5) is 0 Å². The molecule has 0 N–H and O–H groups in total. The lowest BCUT2D eigenvalue weighted by Crippen LogP contribution is -2.12. The maximum Gasteiger partial charge on any atom is 0.277 e. The van der Waals surface area contributed by atoms with E-state index in [1.807, 2.05) is 5.38 Å². The van der Waals surface area contributed by atoms with E-state index < -0.39 is 0 Å². The second kappa shape index (κ2) is 6.88. The average molecular weight is 417 g/mol. The molecule has 9 heteroatoms. The van der Waals surface area contributed by atoms with E-state index in [1.54, 1.807) is 28.0 Å². The zero-order valence-corrected chi connectivity index (χ0v) is 17.0. The Balaban J connectivity index is 1.33. The van der Waals surface area contributed by atoms with Gasteiger partial charge in [-0.2, -0.15) is 0 Å². The van der Waals surface area contributed by atoms with Crippen LogP contribution >= 0.6 is 34.4 Å². The molecule has 27 heavy (non-hydrogen) atoms. The van der Waals surface area contributed by atoms with Gasteiger partial charge in [0, 0.05) is 28.3 Å². The van der Waals surface area contributed by atoms with Gasteiger partial charge in [0.15, 0.2) is 4.96 Å². The van der Waals surface area contributed by atoms with Crippen LogP contribution in [-0.4, -0.2) is 19.6 Å². The average Bonchev–Trinajstić information content (AvgIpc) is 3.38. The summed E-state index contributed by atoms with van der Waals surface area (Å²) in [5.41, 5.74) is 2.07. The molecule has 5 rings (SSSR count). The van der Waals surface area contributed by atoms with Gasteiger partial charge in [0.25, 0.3) is 16.7 Å². The van der Waals surface area contributed by atoms with Crippen LogP contribution in [0, 0.1) is 5.92 Å². The molecule has 0 fully saturated rings. The highest BCUT2D eigenvalue weighted by Crippen LogP contribution is 2.37. The van der Waals surface area contributed by atoms with Crippen LogP contribution in [0.25, 0.3) is 15.7 Å². The van der Waals surface area contributed by atoms with Gasteiger partial charge in [0.2, 0.25) is 0 Å². The third-order valence-electron chi connectivity index (χ3n) is 4.65. The maximum absolute atomic E-state index is 12.1. The number of rotatable bonds is 4. The Morgan fingerprint density at radius 3 is 3.22 bits per heavy atom. The molecule has 6 nitrogen and oxygen atoms in total. The topological polar surface area (TPSA) is 73.3 Å². The number of aromatic nitrogens is 4. The van der Waals surface area contributed by atoms with Crippen molar-refractivity contribution in [2.45, 2.75) is 37.2 Å². The van der Waals surface area contributed by atoms with Crippen LogP contribution in [0.5, 0.6) is 0 Å². The normalized spacial score (nSPS) is 16.7. The van der Waals surface area contributed by atoms with E-state index in [0.29, 0.717) is 27.5 Å². The Morgan fingerprint density at radius 1 is 1.37 bits per heavy atom. The van der Waals surface area contributed by atoms with Crippen LogP contribution in [0.1, 0.15) is 29.5 Å². The third kappa shape index (κ3) is 3.35. The summed E-state index contributed by atoms with van der Waals surface area (Å²) in [7, 11) is 0. The molecule has 0 aromatic carbocycles. The fraction of sp³-hybridized carbons (Fsp3) is 0.333. The first kappa shape index (κ1) is 17.2. The molecule has 0 spiro atoms. The fourth-order valence-electron chi connectivity index (χ4n) is 3.28. The van der Waals surface area contributed by atoms with E-state index in [0.717, 1.165) is 23.6 Å². The molecule has 4 aromatic rings. The van der Waals surface area contributed by atoms with Crippen molar-refractivity contribution in [3.63, 3.8) is 0 Å². The first-order chi connectivity index (χ1) is 13.2. The molecule has 0 radical (unpaired) electrons. The highest BCUT2D eigenvalue weighted by Gasteiger charge is 2.21. The van der Waals surface area contributed by atoms with Crippen molar-refractivity contribution < 1.29 is 4.42 Å². The van der Waals surface area contributed by atoms with Crippen LogP contribution in [0.15, 0.2) is 38.1 Å². The Morgan fingerprint density at radius 2 is 2.30 bits per heavy atom. The van der Waals surface area contributed by atoms with Crippen LogP contribution in [0.3, 0.4) is 0 Å². The highest BCUT2D eigenvalue weighted by molar-refractivity contribution is 7.98. The minimum atomic E-state index is -0.0681. The van der Waals surface area contributed by atoms with Gasteiger partial charge in [0.1, 0.15) is 0 Å². The number of fused-ring (bicyclic) bond motifs is 2. The second-order valence-corrected chi connectivity index (χ2v) is 9.65. The van der Waals surface area contributed by atoms with Crippen molar-refractivity contribution in [3.05, 3.63) is 50.2 Å². The van der Waals surface area contributed by atoms with E-state index >= 15 is 0 Å². The van der Waals surface area contributed by atoms with Crippen molar-refractivity contribution in [2.24, 2.45) is 5.92 Å². The lowest BCUT2D eigenvalue weighted by atomic mass is 9.90. The number of thioether (sulfide) groups is 1. The Bertz CT molecular complexity index is 1170. The first-order valence-corrected chi connectivity index (χ1v) is 11.4. The zero-order valence-electron chi connectivity index (χ0n) is 14.5. The minimum Gasteiger partial charge on any atom is -0.410 e. The molecule has 4 aromatic heterocycles. The third-order valence-corrected chi connectivity index (χ3v) is 7.48. The Labute approximate surface area is 167 Å². The van der Waals surface area contributed by atoms with Crippen LogP contribution in [-0.2, 0) is 18.6 Å². The van der Waals surface area contributed by atoms with E-state index in [4.69, 9.17) is 4.42 Å². The second-order valence-electron chi connectivity index (χ2n) is 6.71. The van der Waals surface area contributed by atoms with Gasteiger partial charge in [-0.15, -0.1) is 32.9 Å². The summed E-state index contributed by atoms with van der Waals surface area (Å²) in [6.45, 7) is 2.30. The number of thiophene rings is 1. The number of aryl methyl sites for hydroxylation is 1. The molecule has 1 aliphatic rings. The fourth-order valence-corrected chi connectivity index (χ4v) is 5.80. The zero-order chi connectivity index (χ0) is 18.4. The van der Waals surface area contributed by atoms with Gasteiger partial charge >= 0.3 is 0 Å². The summed E-state index contributed by atoms with van der Waals surface area (Å²) >= 11 is 4.61. The molecular weight excluding hydrogens is 400 g/mol. The Hall–Kier alpha value is -1.97. The molecule has 1 atom stereocenters. The molecule has 4 heterocycles. The lowest BCUT2D eigenvalue weighted by Gasteiger charge is -2.16. The largest absolute Gasteiger partial charge is 0.410 e. The van der Waals surface area contributed by atoms with Crippen molar-refractivity contribution in [3.8, 4) is 10.8 Å². The maximum atomic E-state index is 12.1. The van der Waals surface area contributed by atoms with E-state index in [1.165, 1.54) is 40.0 Å². The Kier molecular flexibility index (Phi) is 4.37. The molecule has 0 bridgehead atoms. The monoisotopic (exact) mass is 416 g/mol. The minimum absolute atomic E-state index is 0.0681. The van der Waals surface area contributed by atoms with Crippen LogP contribution < -0.4 is 5.56 Å². The van der Waals surface area contributed by atoms with Crippen molar-refractivity contribution in [1.82, 2.24) is 19.6 Å². The predicted molar refractivity (Wildman–Crippen MR) is 108 cm³/mol. The summed E-state index contributed by atoms with van der Waals surface area (Å²) in [5, 5.41) is 10.7. The van der Waals surface area contributed by atoms with E-state index in [-0.39, 0.29) is 5.56 Å². The van der Waals surface area contributed by atoms with Gasteiger partial charge in [-0.1, -0.05) is 18.7 Å². The summed E-state index contributed by atoms with van der Waals surface area (Å²) < 4.78 is 7.39. The SMILES string of the molecule is CC1CCc2sc(-c3nnc(SCc4cc(=O)n5ccsc5n4)o3)cc2C1. The van der Waals surface area contributed by atoms with Crippen LogP contribution in [0.2, 0.25) is 0 Å². The molecule has 0 saturated carbocycles. The predicted octanol–water partition coefficient (Wildman–Crippen LogP) is 4.28. The standard InChI is InChI=1S/C18H16N4O2S3/c1-10-2-3-13-11(6-10)7-14(27-13)16-20-21-18(24-16)26-9-12-8-15(23)22-4-5-25-17(22)19-12/h4-5,7-8,10H,2-3,6,9H2,1H3. The van der Waals surface area contributed by atoms with Crippen molar-refractivity contribution in [1.29, 1.82) is 0 Å². The molecule has 1 aliphatic carbocycles. The number of nitrogens with zero attached hydrogens (tertiary/aromatic N) is 4. The van der Waals surface area contributed by atoms with E-state index in [2.05, 4.69) is 28.2 Å². The summed E-state index contributed by atoms with van der Waals surface area (Å²) in [5.74, 6) is 1.83. The quantitative estimate of drug-likeness (QED) is 0.462. The van der Waals surface area contributed by atoms with Crippen molar-refractivity contribution in [2.75, 3.05) is 0 Å². The molecule has 0 saturated heterocycles. The summed E-state index contributed by atoms with van der Waals surface area (Å²) in [4.78, 5) is 19.7. The summed E-state index contributed by atoms with van der Waals surface area (Å²) in [6, 6.07) is 3.75. The number of thiazole rings is 1. The lowest BCUT2D eigenvalue weighted by molar-refractivity contribution is 0.466. The smallest absolute Gasteiger partial charge is 0.277 e. The summed E-state index contributed by atoms with van der Waals surface area (Å²) in [6.07, 6.45) is 5.26. The first-order valence-electron chi connectivity index (χ1n) is 8.70. The molecule has 1 unspecified atom stereocenters. The van der Waals surface area contributed by atoms with Gasteiger partial charge in [-0.05, 0) is 36.8 Å². The van der Waals surface area contributed by atoms with E-state index in [9.17, 15) is 4.79 Å². The molecule has 138 valence electrons. The van der Waals surface area contributed by atoms with Crippen molar-refractivity contribution >= 4 is 39.4 Å². The highest BCUT2D eigenvalue weighted by atomic mass is 32.2. The molecular formula is C18H16N4O2S3. The number of hydrogen-bond donors (Lipinski definition) is 0. The van der Waals surface area contributed by atoms with Gasteiger partial charge < -0.3 is 4.42 Å². The van der Waals surface area contributed by atoms with Gasteiger partial charge in [-0.3, -0.25) is 9.20 Å². The van der Waals surface area contributed by atoms with Gasteiger partial charge in [0.05, 0.1) is 10.6 Å². The molecule has 0 aliphatic heterocycles. The number of hydrogen-bond acceptors (Lipinski definition) is 8. The molecule has 0 amide bonds.